The van der Waals surface area contributed by atoms with Gasteiger partial charge >= 0.3 is 0 Å². The average molecular weight is 377 g/mol. The molecule has 0 aliphatic carbocycles. The summed E-state index contributed by atoms with van der Waals surface area (Å²) in [6.07, 6.45) is 4.74. The van der Waals surface area contributed by atoms with Crippen molar-refractivity contribution in [3.63, 3.8) is 0 Å². The number of nitrogens with zero attached hydrogens (tertiary/aromatic N) is 3. The molecule has 28 heavy (non-hydrogen) atoms. The van der Waals surface area contributed by atoms with Crippen LogP contribution in [0, 0.1) is 13.8 Å². The van der Waals surface area contributed by atoms with Gasteiger partial charge in [-0.1, -0.05) is 17.3 Å². The number of carbonyl (C=O) groups is 1. The molecule has 0 bridgehead atoms. The summed E-state index contributed by atoms with van der Waals surface area (Å²) in [7, 11) is 0. The molecule has 4 aromatic rings. The standard InChI is InChI=1S/C20H19N5O3/c1-11-4-5-14(8-12(11)2)16-9-25-10-17(22-18(25)20(27)23-16)19(26)21-13(3)15-6-7-28-24-15/h4-10,13H,1-3H3,(H,21,26)(H,23,27). The van der Waals surface area contributed by atoms with Crippen molar-refractivity contribution < 1.29 is 9.32 Å². The van der Waals surface area contributed by atoms with Gasteiger partial charge in [0.2, 0.25) is 5.65 Å². The van der Waals surface area contributed by atoms with E-state index in [2.05, 4.69) is 20.4 Å². The summed E-state index contributed by atoms with van der Waals surface area (Å²) >= 11 is 0. The molecule has 142 valence electrons. The molecule has 8 heteroatoms. The van der Waals surface area contributed by atoms with Gasteiger partial charge in [0.25, 0.3) is 11.5 Å². The quantitative estimate of drug-likeness (QED) is 0.569. The van der Waals surface area contributed by atoms with E-state index in [1.54, 1.807) is 29.8 Å². The fraction of sp³-hybridized carbons (Fsp3) is 0.200. The molecule has 0 aliphatic rings. The van der Waals surface area contributed by atoms with Crippen LogP contribution in [0.5, 0.6) is 0 Å². The highest BCUT2D eigenvalue weighted by atomic mass is 16.5. The first-order valence-electron chi connectivity index (χ1n) is 8.83. The van der Waals surface area contributed by atoms with Crippen LogP contribution in [-0.4, -0.2) is 25.4 Å². The number of carbonyl (C=O) groups excluding carboxylic acids is 1. The Kier molecular flexibility index (Phi) is 4.31. The number of amides is 1. The highest BCUT2D eigenvalue weighted by Crippen LogP contribution is 2.20. The number of aromatic amines is 1. The van der Waals surface area contributed by atoms with Crippen LogP contribution in [-0.2, 0) is 0 Å². The molecule has 2 N–H and O–H groups in total. The molecule has 1 unspecified atom stereocenters. The maximum absolute atomic E-state index is 12.5. The van der Waals surface area contributed by atoms with Crippen molar-refractivity contribution in [2.45, 2.75) is 26.8 Å². The van der Waals surface area contributed by atoms with E-state index in [0.29, 0.717) is 11.4 Å². The summed E-state index contributed by atoms with van der Waals surface area (Å²) in [4.78, 5) is 32.0. The number of nitrogens with one attached hydrogen (secondary N) is 2. The fourth-order valence-electron chi connectivity index (χ4n) is 2.96. The lowest BCUT2D eigenvalue weighted by Gasteiger charge is -2.08. The third kappa shape index (κ3) is 3.20. The van der Waals surface area contributed by atoms with Crippen LogP contribution >= 0.6 is 0 Å². The molecule has 0 saturated carbocycles. The second-order valence-corrected chi connectivity index (χ2v) is 6.77. The van der Waals surface area contributed by atoms with Gasteiger partial charge in [0.1, 0.15) is 17.7 Å². The second kappa shape index (κ2) is 6.80. The summed E-state index contributed by atoms with van der Waals surface area (Å²) in [6, 6.07) is 7.29. The van der Waals surface area contributed by atoms with Crippen LogP contribution < -0.4 is 10.9 Å². The number of hydrogen-bond acceptors (Lipinski definition) is 5. The monoisotopic (exact) mass is 377 g/mol. The Balaban J connectivity index is 1.67. The SMILES string of the molecule is Cc1ccc(-c2cn3cc(C(=O)NC(C)c4ccon4)nc3c(=O)[nH]2)cc1C. The summed E-state index contributed by atoms with van der Waals surface area (Å²) in [5.41, 5.74) is 4.40. The first kappa shape index (κ1) is 17.7. The smallest absolute Gasteiger partial charge is 0.292 e. The number of hydrogen-bond donors (Lipinski definition) is 2. The van der Waals surface area contributed by atoms with E-state index in [4.69, 9.17) is 4.52 Å². The Morgan fingerprint density at radius 3 is 2.75 bits per heavy atom. The van der Waals surface area contributed by atoms with Crippen molar-refractivity contribution in [2.75, 3.05) is 0 Å². The van der Waals surface area contributed by atoms with E-state index in [-0.39, 0.29) is 22.9 Å². The van der Waals surface area contributed by atoms with E-state index in [0.717, 1.165) is 11.1 Å². The minimum absolute atomic E-state index is 0.151. The topological polar surface area (TPSA) is 105 Å². The highest BCUT2D eigenvalue weighted by Gasteiger charge is 2.17. The van der Waals surface area contributed by atoms with Crippen molar-refractivity contribution >= 4 is 11.6 Å². The lowest BCUT2D eigenvalue weighted by atomic mass is 10.0. The van der Waals surface area contributed by atoms with Gasteiger partial charge in [-0.25, -0.2) is 4.98 Å². The summed E-state index contributed by atoms with van der Waals surface area (Å²) < 4.78 is 6.36. The van der Waals surface area contributed by atoms with E-state index in [9.17, 15) is 9.59 Å². The molecular formula is C20H19N5O3. The lowest BCUT2D eigenvalue weighted by molar-refractivity contribution is 0.0934. The Labute approximate surface area is 160 Å². The summed E-state index contributed by atoms with van der Waals surface area (Å²) in [5.74, 6) is -0.397. The van der Waals surface area contributed by atoms with Crippen LogP contribution in [0.25, 0.3) is 16.9 Å². The lowest BCUT2D eigenvalue weighted by Crippen LogP contribution is -2.27. The number of benzene rings is 1. The number of aromatic nitrogens is 4. The number of imidazole rings is 1. The molecule has 8 nitrogen and oxygen atoms in total. The molecule has 0 fully saturated rings. The predicted octanol–water partition coefficient (Wildman–Crippen LogP) is 2.79. The maximum atomic E-state index is 12.5. The molecule has 3 heterocycles. The zero-order valence-electron chi connectivity index (χ0n) is 15.7. The first-order valence-corrected chi connectivity index (χ1v) is 8.83. The predicted molar refractivity (Wildman–Crippen MR) is 103 cm³/mol. The molecule has 0 saturated heterocycles. The second-order valence-electron chi connectivity index (χ2n) is 6.77. The van der Waals surface area contributed by atoms with Gasteiger partial charge in [-0.15, -0.1) is 0 Å². The van der Waals surface area contributed by atoms with Crippen molar-refractivity contribution in [3.8, 4) is 11.3 Å². The van der Waals surface area contributed by atoms with Gasteiger partial charge < -0.3 is 14.8 Å². The van der Waals surface area contributed by atoms with E-state index in [1.165, 1.54) is 11.8 Å². The van der Waals surface area contributed by atoms with Gasteiger partial charge in [-0.3, -0.25) is 14.0 Å². The number of rotatable bonds is 4. The third-order valence-corrected chi connectivity index (χ3v) is 4.75. The largest absolute Gasteiger partial charge is 0.364 e. The fourth-order valence-corrected chi connectivity index (χ4v) is 2.96. The normalized spacial score (nSPS) is 12.2. The summed E-state index contributed by atoms with van der Waals surface area (Å²) in [6.45, 7) is 5.84. The molecule has 1 aromatic carbocycles. The Bertz CT molecular complexity index is 1220. The average Bonchev–Trinajstić information content (AvgIpc) is 3.33. The van der Waals surface area contributed by atoms with Crippen molar-refractivity contribution in [2.24, 2.45) is 0 Å². The zero-order valence-corrected chi connectivity index (χ0v) is 15.7. The Morgan fingerprint density at radius 1 is 1.21 bits per heavy atom. The van der Waals surface area contributed by atoms with Crippen LogP contribution in [0.15, 0.2) is 52.2 Å². The summed E-state index contributed by atoms with van der Waals surface area (Å²) in [5, 5.41) is 6.60. The molecular weight excluding hydrogens is 358 g/mol. The van der Waals surface area contributed by atoms with E-state index < -0.39 is 5.91 Å². The van der Waals surface area contributed by atoms with E-state index in [1.807, 2.05) is 32.0 Å². The van der Waals surface area contributed by atoms with Crippen LogP contribution in [0.1, 0.15) is 40.3 Å². The minimum atomic E-state index is -0.397. The highest BCUT2D eigenvalue weighted by molar-refractivity contribution is 5.93. The minimum Gasteiger partial charge on any atom is -0.364 e. The van der Waals surface area contributed by atoms with Gasteiger partial charge in [0.15, 0.2) is 0 Å². The molecule has 0 spiro atoms. The molecule has 0 aliphatic heterocycles. The molecule has 1 atom stereocenters. The molecule has 4 rings (SSSR count). The maximum Gasteiger partial charge on any atom is 0.292 e. The Hall–Kier alpha value is -3.68. The van der Waals surface area contributed by atoms with Crippen LogP contribution in [0.2, 0.25) is 0 Å². The first-order chi connectivity index (χ1) is 13.4. The van der Waals surface area contributed by atoms with Gasteiger partial charge in [-0.2, -0.15) is 0 Å². The third-order valence-electron chi connectivity index (χ3n) is 4.75. The number of aryl methyl sites for hydroxylation is 2. The van der Waals surface area contributed by atoms with Crippen molar-refractivity contribution in [3.05, 3.63) is 75.8 Å². The molecule has 1 amide bonds. The number of H-pyrrole nitrogens is 1. The van der Waals surface area contributed by atoms with E-state index >= 15 is 0 Å². The van der Waals surface area contributed by atoms with Gasteiger partial charge in [0, 0.05) is 18.5 Å². The molecule has 3 aromatic heterocycles. The van der Waals surface area contributed by atoms with Gasteiger partial charge in [-0.05, 0) is 43.5 Å². The zero-order chi connectivity index (χ0) is 19.8. The van der Waals surface area contributed by atoms with Crippen LogP contribution in [0.4, 0.5) is 0 Å². The van der Waals surface area contributed by atoms with Crippen molar-refractivity contribution in [1.82, 2.24) is 24.8 Å². The Morgan fingerprint density at radius 2 is 2.04 bits per heavy atom. The van der Waals surface area contributed by atoms with Crippen molar-refractivity contribution in [1.29, 1.82) is 0 Å². The van der Waals surface area contributed by atoms with Crippen LogP contribution in [0.3, 0.4) is 0 Å². The van der Waals surface area contributed by atoms with Gasteiger partial charge in [0.05, 0.1) is 11.7 Å². The molecule has 0 radical (unpaired) electrons. The number of fused-ring (bicyclic) bond motifs is 1.